The molecular weight excluding hydrogens is 539 g/mol. The molecular formula is C26H39BN4O8S. The Morgan fingerprint density at radius 1 is 1.20 bits per heavy atom. The van der Waals surface area contributed by atoms with Crippen LogP contribution in [0.5, 0.6) is 0 Å². The van der Waals surface area contributed by atoms with Crippen molar-refractivity contribution in [3.05, 3.63) is 29.3 Å². The monoisotopic (exact) mass is 578 g/mol. The van der Waals surface area contributed by atoms with Crippen LogP contribution in [0.3, 0.4) is 0 Å². The third kappa shape index (κ3) is 15.3. The van der Waals surface area contributed by atoms with Gasteiger partial charge in [-0.05, 0) is 30.0 Å². The number of aliphatic carboxylic acids is 1. The van der Waals surface area contributed by atoms with Crippen molar-refractivity contribution < 1.29 is 38.6 Å². The highest BCUT2D eigenvalue weighted by atomic mass is 32.1. The van der Waals surface area contributed by atoms with E-state index in [1.807, 2.05) is 0 Å². The lowest BCUT2D eigenvalue weighted by Gasteiger charge is -2.30. The molecule has 1 heterocycles. The number of piperidine rings is 1. The molecule has 4 amide bonds. The lowest BCUT2D eigenvalue weighted by atomic mass is 10.0. The number of likely N-dealkylation sites (N-methyl/N-ethyl adjacent to an activating group) is 1. The number of imide groups is 1. The number of rotatable bonds is 12. The number of benzene rings is 1. The van der Waals surface area contributed by atoms with Gasteiger partial charge in [0.2, 0.25) is 17.7 Å². The number of carboxylic acids is 1. The van der Waals surface area contributed by atoms with Gasteiger partial charge in [0.05, 0.1) is 31.7 Å². The van der Waals surface area contributed by atoms with Crippen molar-refractivity contribution >= 4 is 61.2 Å². The highest BCUT2D eigenvalue weighted by Gasteiger charge is 2.33. The Morgan fingerprint density at radius 2 is 1.82 bits per heavy atom. The molecule has 1 aliphatic rings. The van der Waals surface area contributed by atoms with Crippen LogP contribution >= 0.6 is 12.5 Å². The third-order valence-corrected chi connectivity index (χ3v) is 4.89. The Morgan fingerprint density at radius 3 is 2.38 bits per heavy atom. The maximum Gasteiger partial charge on any atom is 0.305 e. The maximum atomic E-state index is 13.0. The minimum Gasteiger partial charge on any atom is -0.481 e. The Kier molecular flexibility index (Phi) is 17.2. The molecule has 0 aromatic heterocycles. The first-order chi connectivity index (χ1) is 18.7. The number of nitrogens with one attached hydrogen (secondary N) is 3. The molecule has 14 heteroatoms. The molecule has 1 aromatic carbocycles. The Labute approximate surface area is 241 Å². The summed E-state index contributed by atoms with van der Waals surface area (Å²) in [5, 5.41) is 16.1. The topological polar surface area (TPSA) is 171 Å². The number of carbonyl (C=O) groups is 6. The summed E-state index contributed by atoms with van der Waals surface area (Å²) in [6.07, 6.45) is 0.690. The van der Waals surface area contributed by atoms with Crippen molar-refractivity contribution in [3.8, 4) is 0 Å². The molecule has 2 rings (SSSR count). The number of ether oxygens (including phenoxy) is 1. The first-order valence-corrected chi connectivity index (χ1v) is 13.0. The van der Waals surface area contributed by atoms with Crippen LogP contribution in [0.1, 0.15) is 67.7 Å². The third-order valence-electron chi connectivity index (χ3n) is 4.89. The van der Waals surface area contributed by atoms with E-state index in [1.165, 1.54) is 30.1 Å². The van der Waals surface area contributed by atoms with Crippen molar-refractivity contribution in [1.29, 1.82) is 0 Å². The van der Waals surface area contributed by atoms with Gasteiger partial charge in [-0.1, -0.05) is 27.7 Å². The number of carboxylic acid groups (broad SMARTS) is 1. The van der Waals surface area contributed by atoms with E-state index in [-0.39, 0.29) is 62.6 Å². The summed E-state index contributed by atoms with van der Waals surface area (Å²) in [5.41, 5.74) is 1.08. The van der Waals surface area contributed by atoms with Gasteiger partial charge >= 0.3 is 5.97 Å². The van der Waals surface area contributed by atoms with Gasteiger partial charge in [0.25, 0.3) is 5.91 Å². The van der Waals surface area contributed by atoms with E-state index in [1.54, 1.807) is 0 Å². The molecule has 1 aromatic rings. The lowest BCUT2D eigenvalue weighted by Crippen LogP contribution is -2.53. The molecule has 1 fully saturated rings. The average molecular weight is 578 g/mol. The summed E-state index contributed by atoms with van der Waals surface area (Å²) < 4.78 is 5.07. The lowest BCUT2D eigenvalue weighted by molar-refractivity contribution is -0.138. The number of hydrogen-bond acceptors (Lipinski definition) is 9. The second kappa shape index (κ2) is 18.8. The predicted octanol–water partition coefficient (Wildman–Crippen LogP) is 1.45. The van der Waals surface area contributed by atoms with Crippen LogP contribution in [0.15, 0.2) is 18.2 Å². The molecule has 0 bridgehead atoms. The fourth-order valence-corrected chi connectivity index (χ4v) is 3.11. The summed E-state index contributed by atoms with van der Waals surface area (Å²) in [6.45, 7) is 9.05. The largest absolute Gasteiger partial charge is 0.481 e. The predicted molar refractivity (Wildman–Crippen MR) is 155 cm³/mol. The van der Waals surface area contributed by atoms with Gasteiger partial charge in [0.1, 0.15) is 6.04 Å². The molecule has 2 radical (unpaired) electrons. The van der Waals surface area contributed by atoms with Crippen LogP contribution in [0.4, 0.5) is 5.69 Å². The summed E-state index contributed by atoms with van der Waals surface area (Å²) in [7, 11) is 5.61. The molecule has 1 aliphatic heterocycles. The number of amides is 4. The van der Waals surface area contributed by atoms with Gasteiger partial charge in [-0.2, -0.15) is 0 Å². The van der Waals surface area contributed by atoms with E-state index in [0.717, 1.165) is 0 Å². The molecule has 1 atom stereocenters. The minimum atomic E-state index is -0.968. The zero-order chi connectivity index (χ0) is 30.9. The molecule has 0 spiro atoms. The molecule has 0 aliphatic carbocycles. The van der Waals surface area contributed by atoms with Crippen LogP contribution in [0, 0.1) is 5.41 Å². The molecule has 40 heavy (non-hydrogen) atoms. The second-order valence-electron chi connectivity index (χ2n) is 10.3. The fourth-order valence-electron chi connectivity index (χ4n) is 3.11. The van der Waals surface area contributed by atoms with E-state index in [2.05, 4.69) is 63.2 Å². The number of hydrogen-bond donors (Lipinski definition) is 5. The number of thiol groups is 1. The van der Waals surface area contributed by atoms with Gasteiger partial charge < -0.3 is 25.4 Å². The van der Waals surface area contributed by atoms with Gasteiger partial charge in [-0.3, -0.25) is 34.1 Å². The zero-order valence-corrected chi connectivity index (χ0v) is 24.5. The summed E-state index contributed by atoms with van der Waals surface area (Å²) in [5.74, 6) is -2.87. The molecule has 0 saturated carbocycles. The first-order valence-electron chi connectivity index (χ1n) is 12.5. The second-order valence-corrected chi connectivity index (χ2v) is 10.3. The van der Waals surface area contributed by atoms with E-state index < -0.39 is 29.7 Å². The average Bonchev–Trinajstić information content (AvgIpc) is 2.88. The van der Waals surface area contributed by atoms with Crippen molar-refractivity contribution in [2.75, 3.05) is 38.7 Å². The first kappa shape index (κ1) is 36.6. The van der Waals surface area contributed by atoms with Crippen molar-refractivity contribution in [1.82, 2.24) is 15.5 Å². The van der Waals surface area contributed by atoms with Crippen LogP contribution in [0.25, 0.3) is 0 Å². The van der Waals surface area contributed by atoms with Gasteiger partial charge in [0, 0.05) is 31.3 Å². The quantitative estimate of drug-likeness (QED) is 0.0810. The number of carbonyl (C=O) groups excluding carboxylic acids is 5. The SMILES string of the molecule is CC(C)(C)C.CN(C(=O)c1cc(NCC(=O)NCCOCCC(=O)O)ccc1C=O)C1CCC(=O)NC1=O.[B]S. The maximum absolute atomic E-state index is 13.0. The van der Waals surface area contributed by atoms with E-state index in [9.17, 15) is 28.8 Å². The van der Waals surface area contributed by atoms with E-state index >= 15 is 0 Å². The zero-order valence-electron chi connectivity index (χ0n) is 23.6. The van der Waals surface area contributed by atoms with E-state index in [0.29, 0.717) is 17.4 Å². The van der Waals surface area contributed by atoms with Crippen molar-refractivity contribution in [3.63, 3.8) is 0 Å². The van der Waals surface area contributed by atoms with Crippen molar-refractivity contribution in [2.24, 2.45) is 5.41 Å². The number of aldehydes is 1. The minimum absolute atomic E-state index is 0.0504. The Balaban J connectivity index is 0.00000195. The van der Waals surface area contributed by atoms with Crippen LogP contribution in [-0.4, -0.2) is 92.4 Å². The Hall–Kier alpha value is -3.39. The van der Waals surface area contributed by atoms with E-state index in [4.69, 9.17) is 9.84 Å². The summed E-state index contributed by atoms with van der Waals surface area (Å²) >= 11 is 3.03. The van der Waals surface area contributed by atoms with Gasteiger partial charge in [-0.15, -0.1) is 0 Å². The molecule has 12 nitrogen and oxygen atoms in total. The van der Waals surface area contributed by atoms with Gasteiger partial charge in [-0.25, -0.2) is 12.5 Å². The molecule has 1 unspecified atom stereocenters. The highest BCUT2D eigenvalue weighted by molar-refractivity contribution is 8.03. The number of nitrogens with zero attached hydrogens (tertiary/aromatic N) is 1. The summed E-state index contributed by atoms with van der Waals surface area (Å²) in [6, 6.07) is 3.54. The van der Waals surface area contributed by atoms with Crippen LogP contribution < -0.4 is 16.0 Å². The fraction of sp³-hybridized carbons (Fsp3) is 0.538. The van der Waals surface area contributed by atoms with Gasteiger partial charge in [0.15, 0.2) is 13.4 Å². The van der Waals surface area contributed by atoms with Crippen LogP contribution in [0.2, 0.25) is 0 Å². The summed E-state index contributed by atoms with van der Waals surface area (Å²) in [4.78, 5) is 71.3. The molecule has 4 N–H and O–H groups in total. The highest BCUT2D eigenvalue weighted by Crippen LogP contribution is 2.20. The van der Waals surface area contributed by atoms with Crippen LogP contribution in [-0.2, 0) is 23.9 Å². The molecule has 220 valence electrons. The smallest absolute Gasteiger partial charge is 0.305 e. The standard InChI is InChI=1S/C21H26N4O8.C5H12.BHS/c1-25(16-4-5-17(27)24-20(16)31)21(32)15-10-14(3-2-13(15)12-26)23-11-18(28)22-7-9-33-8-6-19(29)30;1-5(2,3)4;1-2/h2-3,10,12,16,23H,4-9,11H2,1H3,(H,22,28)(H,29,30)(H,24,27,31);1-4H3;2H. The molecule has 1 saturated heterocycles. The number of anilines is 1. The Bertz CT molecular complexity index is 1030. The van der Waals surface area contributed by atoms with Crippen molar-refractivity contribution in [2.45, 2.75) is 53.0 Å². The normalized spacial score (nSPS) is 14.3.